The molecule has 0 bridgehead atoms. The number of aromatic nitrogens is 3. The van der Waals surface area contributed by atoms with Gasteiger partial charge < -0.3 is 20.7 Å². The van der Waals surface area contributed by atoms with Gasteiger partial charge in [0.2, 0.25) is 0 Å². The van der Waals surface area contributed by atoms with Crippen LogP contribution in [0.1, 0.15) is 6.92 Å². The third-order valence-corrected chi connectivity index (χ3v) is 3.83. The normalized spacial score (nSPS) is 11.4. The number of rotatable bonds is 9. The molecule has 0 aliphatic heterocycles. The van der Waals surface area contributed by atoms with Gasteiger partial charge in [0.25, 0.3) is 5.91 Å². The summed E-state index contributed by atoms with van der Waals surface area (Å²) >= 11 is 0. The van der Waals surface area contributed by atoms with Crippen molar-refractivity contribution < 1.29 is 13.9 Å². The van der Waals surface area contributed by atoms with Gasteiger partial charge in [-0.15, -0.1) is 0 Å². The van der Waals surface area contributed by atoms with E-state index in [0.29, 0.717) is 30.5 Å². The van der Waals surface area contributed by atoms with Crippen LogP contribution in [-0.2, 0) is 4.79 Å². The summed E-state index contributed by atoms with van der Waals surface area (Å²) in [4.78, 5) is 24.6. The van der Waals surface area contributed by atoms with Gasteiger partial charge in [-0.2, -0.15) is 0 Å². The molecule has 9 heteroatoms. The molecule has 3 aromatic rings. The zero-order valence-corrected chi connectivity index (χ0v) is 15.8. The summed E-state index contributed by atoms with van der Waals surface area (Å²) in [6.45, 7) is 2.35. The Balaban J connectivity index is 1.42. The Morgan fingerprint density at radius 3 is 2.62 bits per heavy atom. The van der Waals surface area contributed by atoms with Gasteiger partial charge in [0.05, 0.1) is 0 Å². The monoisotopic (exact) mass is 396 g/mol. The third-order valence-electron chi connectivity index (χ3n) is 3.83. The molecular formula is C20H21FN6O2. The third kappa shape index (κ3) is 6.13. The van der Waals surface area contributed by atoms with Crippen LogP contribution in [0.4, 0.5) is 21.8 Å². The van der Waals surface area contributed by atoms with Crippen LogP contribution in [0.3, 0.4) is 0 Å². The number of nitrogens with one attached hydrogen (secondary N) is 3. The topological polar surface area (TPSA) is 101 Å². The second-order valence-electron chi connectivity index (χ2n) is 6.04. The number of hydrogen-bond acceptors (Lipinski definition) is 7. The Bertz CT molecular complexity index is 941. The average molecular weight is 396 g/mol. The second kappa shape index (κ2) is 9.98. The SMILES string of the molecule is CC(Oc1ccccc1F)C(=O)NCCNc1cc(Nc2ccccn2)ncn1. The molecule has 0 aliphatic carbocycles. The number of para-hydroxylation sites is 1. The molecular weight excluding hydrogens is 375 g/mol. The number of ether oxygens (including phenoxy) is 1. The van der Waals surface area contributed by atoms with Crippen LogP contribution < -0.4 is 20.7 Å². The molecule has 1 unspecified atom stereocenters. The van der Waals surface area contributed by atoms with Crippen LogP contribution in [0.5, 0.6) is 5.75 Å². The van der Waals surface area contributed by atoms with E-state index in [0.717, 1.165) is 0 Å². The summed E-state index contributed by atoms with van der Waals surface area (Å²) in [5, 5.41) is 8.90. The molecule has 0 radical (unpaired) electrons. The molecule has 0 saturated heterocycles. The molecule has 1 amide bonds. The van der Waals surface area contributed by atoms with Gasteiger partial charge in [0, 0.05) is 25.4 Å². The molecule has 8 nitrogen and oxygen atoms in total. The highest BCUT2D eigenvalue weighted by molar-refractivity contribution is 5.80. The van der Waals surface area contributed by atoms with Crippen molar-refractivity contribution >= 4 is 23.4 Å². The lowest BCUT2D eigenvalue weighted by atomic mass is 10.3. The van der Waals surface area contributed by atoms with E-state index in [9.17, 15) is 9.18 Å². The summed E-state index contributed by atoms with van der Waals surface area (Å²) in [6, 6.07) is 13.2. The minimum Gasteiger partial charge on any atom is -0.478 e. The van der Waals surface area contributed by atoms with Crippen molar-refractivity contribution in [2.75, 3.05) is 23.7 Å². The molecule has 29 heavy (non-hydrogen) atoms. The molecule has 1 aromatic carbocycles. The Morgan fingerprint density at radius 1 is 1.03 bits per heavy atom. The fourth-order valence-electron chi connectivity index (χ4n) is 2.39. The van der Waals surface area contributed by atoms with E-state index in [1.54, 1.807) is 31.3 Å². The van der Waals surface area contributed by atoms with Crippen molar-refractivity contribution in [2.24, 2.45) is 0 Å². The number of hydrogen-bond donors (Lipinski definition) is 3. The maximum absolute atomic E-state index is 13.6. The van der Waals surface area contributed by atoms with Gasteiger partial charge in [-0.3, -0.25) is 4.79 Å². The van der Waals surface area contributed by atoms with E-state index < -0.39 is 11.9 Å². The van der Waals surface area contributed by atoms with E-state index in [1.807, 2.05) is 18.2 Å². The summed E-state index contributed by atoms with van der Waals surface area (Å²) in [5.74, 6) is 1.07. The van der Waals surface area contributed by atoms with Crippen LogP contribution in [0.25, 0.3) is 0 Å². The highest BCUT2D eigenvalue weighted by Gasteiger charge is 2.15. The van der Waals surface area contributed by atoms with Crippen LogP contribution in [0.2, 0.25) is 0 Å². The first-order valence-corrected chi connectivity index (χ1v) is 9.04. The van der Waals surface area contributed by atoms with Crippen molar-refractivity contribution in [1.82, 2.24) is 20.3 Å². The van der Waals surface area contributed by atoms with E-state index in [1.165, 1.54) is 18.5 Å². The fraction of sp³-hybridized carbons (Fsp3) is 0.200. The average Bonchev–Trinajstić information content (AvgIpc) is 2.74. The van der Waals surface area contributed by atoms with E-state index in [-0.39, 0.29) is 11.7 Å². The quantitative estimate of drug-likeness (QED) is 0.478. The van der Waals surface area contributed by atoms with E-state index >= 15 is 0 Å². The predicted octanol–water partition coefficient (Wildman–Crippen LogP) is 2.75. The fourth-order valence-corrected chi connectivity index (χ4v) is 2.39. The van der Waals surface area contributed by atoms with Gasteiger partial charge in [0.1, 0.15) is 23.8 Å². The largest absolute Gasteiger partial charge is 0.478 e. The van der Waals surface area contributed by atoms with Crippen molar-refractivity contribution in [1.29, 1.82) is 0 Å². The first-order chi connectivity index (χ1) is 14.1. The van der Waals surface area contributed by atoms with E-state index in [2.05, 4.69) is 30.9 Å². The molecule has 150 valence electrons. The summed E-state index contributed by atoms with van der Waals surface area (Å²) in [7, 11) is 0. The molecule has 2 heterocycles. The maximum atomic E-state index is 13.6. The number of carbonyl (C=O) groups excluding carboxylic acids is 1. The Kier molecular flexibility index (Phi) is 6.88. The number of nitrogens with zero attached hydrogens (tertiary/aromatic N) is 3. The van der Waals surface area contributed by atoms with Gasteiger partial charge >= 0.3 is 0 Å². The molecule has 1 atom stereocenters. The van der Waals surface area contributed by atoms with Gasteiger partial charge in [-0.05, 0) is 31.2 Å². The van der Waals surface area contributed by atoms with E-state index in [4.69, 9.17) is 4.74 Å². The number of benzene rings is 1. The number of carbonyl (C=O) groups is 1. The number of pyridine rings is 1. The van der Waals surface area contributed by atoms with Crippen LogP contribution in [0, 0.1) is 5.82 Å². The molecule has 0 spiro atoms. The Morgan fingerprint density at radius 2 is 1.83 bits per heavy atom. The second-order valence-corrected chi connectivity index (χ2v) is 6.04. The molecule has 0 aliphatic rings. The number of anilines is 3. The smallest absolute Gasteiger partial charge is 0.260 e. The molecule has 3 rings (SSSR count). The zero-order valence-electron chi connectivity index (χ0n) is 15.8. The number of halogens is 1. The lowest BCUT2D eigenvalue weighted by Crippen LogP contribution is -2.38. The lowest BCUT2D eigenvalue weighted by Gasteiger charge is -2.15. The van der Waals surface area contributed by atoms with Gasteiger partial charge in [-0.25, -0.2) is 19.3 Å². The number of amides is 1. The highest BCUT2D eigenvalue weighted by Crippen LogP contribution is 2.17. The van der Waals surface area contributed by atoms with Crippen molar-refractivity contribution in [3.05, 3.63) is 66.9 Å². The van der Waals surface area contributed by atoms with Crippen LogP contribution >= 0.6 is 0 Å². The van der Waals surface area contributed by atoms with Gasteiger partial charge in [0.15, 0.2) is 17.7 Å². The highest BCUT2D eigenvalue weighted by atomic mass is 19.1. The molecule has 0 fully saturated rings. The van der Waals surface area contributed by atoms with Gasteiger partial charge in [-0.1, -0.05) is 18.2 Å². The van der Waals surface area contributed by atoms with Crippen LogP contribution in [-0.4, -0.2) is 40.1 Å². The first kappa shape index (κ1) is 20.0. The van der Waals surface area contributed by atoms with Crippen molar-refractivity contribution in [3.8, 4) is 5.75 Å². The lowest BCUT2D eigenvalue weighted by molar-refractivity contribution is -0.127. The Labute approximate surface area is 167 Å². The van der Waals surface area contributed by atoms with Crippen molar-refractivity contribution in [2.45, 2.75) is 13.0 Å². The minimum atomic E-state index is -0.819. The summed E-state index contributed by atoms with van der Waals surface area (Å²) in [6.07, 6.45) is 2.29. The maximum Gasteiger partial charge on any atom is 0.260 e. The molecule has 0 saturated carbocycles. The van der Waals surface area contributed by atoms with Crippen LogP contribution in [0.15, 0.2) is 61.1 Å². The molecule has 2 aromatic heterocycles. The standard InChI is InChI=1S/C20H21FN6O2/c1-14(29-16-7-3-2-6-15(16)21)20(28)24-11-10-23-18-12-19(26-13-25-18)27-17-8-4-5-9-22-17/h2-9,12-14H,10-11H2,1H3,(H,24,28)(H2,22,23,25,26,27). The Hall–Kier alpha value is -3.75. The zero-order chi connectivity index (χ0) is 20.5. The summed E-state index contributed by atoms with van der Waals surface area (Å²) < 4.78 is 18.9. The summed E-state index contributed by atoms with van der Waals surface area (Å²) in [5.41, 5.74) is 0. The first-order valence-electron chi connectivity index (χ1n) is 9.04. The van der Waals surface area contributed by atoms with Crippen molar-refractivity contribution in [3.63, 3.8) is 0 Å². The molecule has 3 N–H and O–H groups in total. The minimum absolute atomic E-state index is 0.0437. The predicted molar refractivity (Wildman–Crippen MR) is 108 cm³/mol.